The van der Waals surface area contributed by atoms with Gasteiger partial charge < -0.3 is 5.32 Å². The molecule has 0 radical (unpaired) electrons. The number of hydrogen-bond acceptors (Lipinski definition) is 2. The Balaban J connectivity index is 2.37. The van der Waals surface area contributed by atoms with Crippen molar-refractivity contribution in [3.63, 3.8) is 0 Å². The zero-order valence-corrected chi connectivity index (χ0v) is 12.2. The molecule has 3 nitrogen and oxygen atoms in total. The van der Waals surface area contributed by atoms with Crippen molar-refractivity contribution in [3.8, 4) is 5.69 Å². The predicted octanol–water partition coefficient (Wildman–Crippen LogP) is 3.78. The SMILES string of the molecule is CC(C)(C)NCc1ccc(-n2cccn2)cc1C(F)(F)F. The molecule has 1 aromatic heterocycles. The number of hydrogen-bond donors (Lipinski definition) is 1. The van der Waals surface area contributed by atoms with E-state index >= 15 is 0 Å². The molecule has 0 bridgehead atoms. The monoisotopic (exact) mass is 297 g/mol. The quantitative estimate of drug-likeness (QED) is 0.934. The Kier molecular flexibility index (Phi) is 4.09. The minimum Gasteiger partial charge on any atom is -0.308 e. The van der Waals surface area contributed by atoms with E-state index in [0.29, 0.717) is 5.69 Å². The lowest BCUT2D eigenvalue weighted by atomic mass is 10.0. The topological polar surface area (TPSA) is 29.9 Å². The van der Waals surface area contributed by atoms with E-state index < -0.39 is 11.7 Å². The molecule has 0 saturated heterocycles. The molecule has 2 rings (SSSR count). The minimum absolute atomic E-state index is 0.164. The number of halogens is 3. The van der Waals surface area contributed by atoms with Crippen molar-refractivity contribution in [2.75, 3.05) is 0 Å². The zero-order chi connectivity index (χ0) is 15.7. The van der Waals surface area contributed by atoms with E-state index in [1.54, 1.807) is 18.3 Å². The minimum atomic E-state index is -4.39. The summed E-state index contributed by atoms with van der Waals surface area (Å²) in [6.07, 6.45) is -1.25. The third-order valence-corrected chi connectivity index (χ3v) is 2.98. The molecule has 0 spiro atoms. The molecular weight excluding hydrogens is 279 g/mol. The molecule has 0 atom stereocenters. The highest BCUT2D eigenvalue weighted by Crippen LogP contribution is 2.33. The standard InChI is InChI=1S/C15H18F3N3/c1-14(2,3)19-10-11-5-6-12(21-8-4-7-20-21)9-13(11)15(16,17)18/h4-9,19H,10H2,1-3H3. The Morgan fingerprint density at radius 2 is 1.90 bits per heavy atom. The molecular formula is C15H18F3N3. The lowest BCUT2D eigenvalue weighted by Crippen LogP contribution is -2.35. The number of benzene rings is 1. The van der Waals surface area contributed by atoms with Crippen LogP contribution in [0.15, 0.2) is 36.7 Å². The molecule has 0 aliphatic rings. The summed E-state index contributed by atoms with van der Waals surface area (Å²) in [5.41, 5.74) is -0.254. The van der Waals surface area contributed by atoms with Crippen LogP contribution in [0.4, 0.5) is 13.2 Å². The average molecular weight is 297 g/mol. The first-order valence-electron chi connectivity index (χ1n) is 6.62. The van der Waals surface area contributed by atoms with Crippen molar-refractivity contribution in [1.82, 2.24) is 15.1 Å². The fourth-order valence-electron chi connectivity index (χ4n) is 1.91. The van der Waals surface area contributed by atoms with E-state index in [1.165, 1.54) is 16.9 Å². The molecule has 0 saturated carbocycles. The number of alkyl halides is 3. The van der Waals surface area contributed by atoms with Crippen LogP contribution in [0.2, 0.25) is 0 Å². The molecule has 0 amide bonds. The van der Waals surface area contributed by atoms with E-state index in [2.05, 4.69) is 10.4 Å². The van der Waals surface area contributed by atoms with E-state index in [-0.39, 0.29) is 17.6 Å². The van der Waals surface area contributed by atoms with Crippen LogP contribution in [-0.4, -0.2) is 15.3 Å². The second kappa shape index (κ2) is 5.52. The van der Waals surface area contributed by atoms with Gasteiger partial charge in [0.05, 0.1) is 11.3 Å². The maximum Gasteiger partial charge on any atom is 0.416 e. The molecule has 0 aliphatic carbocycles. The van der Waals surface area contributed by atoms with E-state index in [4.69, 9.17) is 0 Å². The normalized spacial score (nSPS) is 12.7. The molecule has 0 unspecified atom stereocenters. The van der Waals surface area contributed by atoms with Crippen LogP contribution in [0.5, 0.6) is 0 Å². The summed E-state index contributed by atoms with van der Waals surface area (Å²) < 4.78 is 41.1. The number of aromatic nitrogens is 2. The Morgan fingerprint density at radius 3 is 2.43 bits per heavy atom. The van der Waals surface area contributed by atoms with Crippen molar-refractivity contribution in [3.05, 3.63) is 47.8 Å². The summed E-state index contributed by atoms with van der Waals surface area (Å²) in [6.45, 7) is 5.91. The molecule has 0 aliphatic heterocycles. The van der Waals surface area contributed by atoms with Crippen LogP contribution in [0, 0.1) is 0 Å². The maximum absolute atomic E-state index is 13.2. The van der Waals surface area contributed by atoms with E-state index in [1.807, 2.05) is 20.8 Å². The summed E-state index contributed by atoms with van der Waals surface area (Å²) in [7, 11) is 0. The third kappa shape index (κ3) is 4.07. The molecule has 0 fully saturated rings. The van der Waals surface area contributed by atoms with Crippen molar-refractivity contribution in [2.24, 2.45) is 0 Å². The summed E-state index contributed by atoms with van der Waals surface area (Å²) >= 11 is 0. The fourth-order valence-corrected chi connectivity index (χ4v) is 1.91. The summed E-state index contributed by atoms with van der Waals surface area (Å²) in [4.78, 5) is 0. The highest BCUT2D eigenvalue weighted by atomic mass is 19.4. The van der Waals surface area contributed by atoms with Crippen molar-refractivity contribution in [2.45, 2.75) is 39.0 Å². The highest BCUT2D eigenvalue weighted by Gasteiger charge is 2.33. The van der Waals surface area contributed by atoms with Gasteiger partial charge in [-0.15, -0.1) is 0 Å². The van der Waals surface area contributed by atoms with Crippen molar-refractivity contribution < 1.29 is 13.2 Å². The maximum atomic E-state index is 13.2. The zero-order valence-electron chi connectivity index (χ0n) is 12.2. The third-order valence-electron chi connectivity index (χ3n) is 2.98. The van der Waals surface area contributed by atoms with Crippen molar-refractivity contribution >= 4 is 0 Å². The summed E-state index contributed by atoms with van der Waals surface area (Å²) in [6, 6.07) is 5.94. The van der Waals surface area contributed by atoms with Crippen LogP contribution >= 0.6 is 0 Å². The van der Waals surface area contributed by atoms with Crippen LogP contribution in [-0.2, 0) is 12.7 Å². The molecule has 114 valence electrons. The van der Waals surface area contributed by atoms with E-state index in [0.717, 1.165) is 6.07 Å². The lowest BCUT2D eigenvalue weighted by molar-refractivity contribution is -0.138. The van der Waals surface area contributed by atoms with Crippen LogP contribution in [0.25, 0.3) is 5.69 Å². The average Bonchev–Trinajstić information content (AvgIpc) is 2.88. The van der Waals surface area contributed by atoms with Crippen LogP contribution in [0.3, 0.4) is 0 Å². The molecule has 1 aromatic carbocycles. The predicted molar refractivity (Wildman–Crippen MR) is 75.2 cm³/mol. The van der Waals surface area contributed by atoms with Crippen molar-refractivity contribution in [1.29, 1.82) is 0 Å². The van der Waals surface area contributed by atoms with Gasteiger partial charge in [0.2, 0.25) is 0 Å². The van der Waals surface area contributed by atoms with Crippen LogP contribution in [0.1, 0.15) is 31.9 Å². The second-order valence-electron chi connectivity index (χ2n) is 5.89. The highest BCUT2D eigenvalue weighted by molar-refractivity contribution is 5.41. The molecule has 1 heterocycles. The van der Waals surface area contributed by atoms with Gasteiger partial charge in [0.1, 0.15) is 0 Å². The van der Waals surface area contributed by atoms with Gasteiger partial charge in [-0.25, -0.2) is 4.68 Å². The van der Waals surface area contributed by atoms with Gasteiger partial charge in [-0.05, 0) is 44.5 Å². The van der Waals surface area contributed by atoms with Gasteiger partial charge in [0, 0.05) is 24.5 Å². The lowest BCUT2D eigenvalue weighted by Gasteiger charge is -2.22. The smallest absolute Gasteiger partial charge is 0.308 e. The first-order valence-corrected chi connectivity index (χ1v) is 6.62. The largest absolute Gasteiger partial charge is 0.416 e. The van der Waals surface area contributed by atoms with Gasteiger partial charge in [0.25, 0.3) is 0 Å². The first kappa shape index (κ1) is 15.6. The number of nitrogens with one attached hydrogen (secondary N) is 1. The van der Waals surface area contributed by atoms with Gasteiger partial charge in [-0.3, -0.25) is 0 Å². The fraction of sp³-hybridized carbons (Fsp3) is 0.400. The van der Waals surface area contributed by atoms with Gasteiger partial charge in [0.15, 0.2) is 0 Å². The molecule has 2 aromatic rings. The second-order valence-corrected chi connectivity index (χ2v) is 5.89. The Labute approximate surface area is 121 Å². The number of rotatable bonds is 3. The summed E-state index contributed by atoms with van der Waals surface area (Å²) in [5.74, 6) is 0. The Bertz CT molecular complexity index is 596. The molecule has 1 N–H and O–H groups in total. The molecule has 6 heteroatoms. The van der Waals surface area contributed by atoms with E-state index in [9.17, 15) is 13.2 Å². The first-order chi connectivity index (χ1) is 9.67. The summed E-state index contributed by atoms with van der Waals surface area (Å²) in [5, 5.41) is 7.04. The van der Waals surface area contributed by atoms with Gasteiger partial charge >= 0.3 is 6.18 Å². The molecule has 21 heavy (non-hydrogen) atoms. The van der Waals surface area contributed by atoms with Gasteiger partial charge in [-0.2, -0.15) is 18.3 Å². The number of nitrogens with zero attached hydrogens (tertiary/aromatic N) is 2. The van der Waals surface area contributed by atoms with Crippen LogP contribution < -0.4 is 5.32 Å². The Morgan fingerprint density at radius 1 is 1.19 bits per heavy atom. The van der Waals surface area contributed by atoms with Gasteiger partial charge in [-0.1, -0.05) is 6.07 Å². The Hall–Kier alpha value is -1.82.